The number of aromatic carboxylic acids is 1. The number of nitrogens with zero attached hydrogens (tertiary/aromatic N) is 1. The van der Waals surface area contributed by atoms with Crippen LogP contribution in [0.25, 0.3) is 0 Å². The molecular formula is C14H11NO4S. The largest absolute Gasteiger partial charge is 0.478 e. The summed E-state index contributed by atoms with van der Waals surface area (Å²) in [5.41, 5.74) is 1.00. The van der Waals surface area contributed by atoms with Crippen LogP contribution in [0.5, 0.6) is 0 Å². The molecule has 20 heavy (non-hydrogen) atoms. The maximum atomic E-state index is 11.2. The predicted octanol–water partition coefficient (Wildman–Crippen LogP) is 3.75. The van der Waals surface area contributed by atoms with Crippen LogP contribution < -0.4 is 0 Å². The molecule has 0 saturated carbocycles. The first-order chi connectivity index (χ1) is 9.49. The Labute approximate surface area is 119 Å². The molecular weight excluding hydrogens is 278 g/mol. The molecule has 0 fully saturated rings. The fourth-order valence-corrected chi connectivity index (χ4v) is 2.84. The van der Waals surface area contributed by atoms with E-state index >= 15 is 0 Å². The van der Waals surface area contributed by atoms with Gasteiger partial charge in [0, 0.05) is 11.0 Å². The van der Waals surface area contributed by atoms with E-state index in [2.05, 4.69) is 0 Å². The Hall–Kier alpha value is -2.34. The Balaban J connectivity index is 2.47. The Bertz CT molecular complexity index is 685. The van der Waals surface area contributed by atoms with Crippen molar-refractivity contribution in [2.45, 2.75) is 16.7 Å². The molecule has 0 spiro atoms. The van der Waals surface area contributed by atoms with Gasteiger partial charge in [-0.1, -0.05) is 30.0 Å². The number of nitro benzene ring substituents is 1. The van der Waals surface area contributed by atoms with Crippen LogP contribution in [0.15, 0.2) is 52.3 Å². The standard InChI is InChI=1S/C14H11NO4S/c1-9-6-7-10(14(16)17)13(8-9)20-12-5-3-2-4-11(12)15(18)19/h2-8H,1H3,(H,16,17). The third kappa shape index (κ3) is 2.97. The highest BCUT2D eigenvalue weighted by Gasteiger charge is 2.17. The molecule has 6 heteroatoms. The number of carboxylic acid groups (broad SMARTS) is 1. The van der Waals surface area contributed by atoms with Crippen molar-refractivity contribution < 1.29 is 14.8 Å². The van der Waals surface area contributed by atoms with Crippen molar-refractivity contribution in [3.8, 4) is 0 Å². The second-order valence-corrected chi connectivity index (χ2v) is 5.22. The van der Waals surface area contributed by atoms with E-state index in [-0.39, 0.29) is 11.3 Å². The quantitative estimate of drug-likeness (QED) is 0.684. The lowest BCUT2D eigenvalue weighted by Crippen LogP contribution is -1.99. The zero-order valence-corrected chi connectivity index (χ0v) is 11.4. The number of rotatable bonds is 4. The Morgan fingerprint density at radius 1 is 1.20 bits per heavy atom. The minimum Gasteiger partial charge on any atom is -0.478 e. The summed E-state index contributed by atoms with van der Waals surface area (Å²) in [6.45, 7) is 1.84. The molecule has 0 radical (unpaired) electrons. The lowest BCUT2D eigenvalue weighted by Gasteiger charge is -2.07. The van der Waals surface area contributed by atoms with Crippen LogP contribution in [0.3, 0.4) is 0 Å². The molecule has 2 aromatic rings. The minimum absolute atomic E-state index is 0.0321. The Kier molecular flexibility index (Phi) is 4.05. The monoisotopic (exact) mass is 289 g/mol. The van der Waals surface area contributed by atoms with Gasteiger partial charge in [0.25, 0.3) is 5.69 Å². The van der Waals surface area contributed by atoms with Gasteiger partial charge in [-0.25, -0.2) is 4.79 Å². The van der Waals surface area contributed by atoms with Gasteiger partial charge in [0.1, 0.15) is 0 Å². The van der Waals surface area contributed by atoms with E-state index in [9.17, 15) is 14.9 Å². The van der Waals surface area contributed by atoms with E-state index in [0.717, 1.165) is 17.3 Å². The van der Waals surface area contributed by atoms with Crippen molar-refractivity contribution in [2.75, 3.05) is 0 Å². The van der Waals surface area contributed by atoms with Crippen molar-refractivity contribution in [3.63, 3.8) is 0 Å². The van der Waals surface area contributed by atoms with Crippen molar-refractivity contribution in [1.82, 2.24) is 0 Å². The molecule has 1 N–H and O–H groups in total. The van der Waals surface area contributed by atoms with E-state index in [1.807, 2.05) is 6.92 Å². The first-order valence-electron chi connectivity index (χ1n) is 5.74. The SMILES string of the molecule is Cc1ccc(C(=O)O)c(Sc2ccccc2[N+](=O)[O-])c1. The predicted molar refractivity (Wildman–Crippen MR) is 75.4 cm³/mol. The van der Waals surface area contributed by atoms with Gasteiger partial charge in [-0.2, -0.15) is 0 Å². The van der Waals surface area contributed by atoms with Crippen molar-refractivity contribution in [1.29, 1.82) is 0 Å². The van der Waals surface area contributed by atoms with E-state index in [4.69, 9.17) is 5.11 Å². The summed E-state index contributed by atoms with van der Waals surface area (Å²) in [7, 11) is 0. The summed E-state index contributed by atoms with van der Waals surface area (Å²) in [5.74, 6) is -1.05. The van der Waals surface area contributed by atoms with Gasteiger partial charge in [0.15, 0.2) is 0 Å². The van der Waals surface area contributed by atoms with E-state index in [1.54, 1.807) is 30.3 Å². The van der Waals surface area contributed by atoms with Gasteiger partial charge in [-0.15, -0.1) is 0 Å². The van der Waals surface area contributed by atoms with Crippen LogP contribution in [0.4, 0.5) is 5.69 Å². The summed E-state index contributed by atoms with van der Waals surface area (Å²) in [5, 5.41) is 20.1. The zero-order valence-electron chi connectivity index (χ0n) is 10.6. The maximum absolute atomic E-state index is 11.2. The average molecular weight is 289 g/mol. The highest BCUT2D eigenvalue weighted by atomic mass is 32.2. The third-order valence-corrected chi connectivity index (χ3v) is 3.77. The first kappa shape index (κ1) is 14.1. The minimum atomic E-state index is -1.05. The van der Waals surface area contributed by atoms with Crippen LogP contribution in [-0.2, 0) is 0 Å². The molecule has 0 saturated heterocycles. The van der Waals surface area contributed by atoms with Crippen molar-refractivity contribution in [2.24, 2.45) is 0 Å². The van der Waals surface area contributed by atoms with Gasteiger partial charge in [0.05, 0.1) is 15.4 Å². The summed E-state index contributed by atoms with van der Waals surface area (Å²) < 4.78 is 0. The number of aryl methyl sites for hydroxylation is 1. The smallest absolute Gasteiger partial charge is 0.336 e. The molecule has 0 unspecified atom stereocenters. The number of carboxylic acids is 1. The van der Waals surface area contributed by atoms with Crippen molar-refractivity contribution >= 4 is 23.4 Å². The molecule has 102 valence electrons. The molecule has 0 aliphatic carbocycles. The van der Waals surface area contributed by atoms with E-state index in [0.29, 0.717) is 9.79 Å². The van der Waals surface area contributed by atoms with Crippen LogP contribution in [0.2, 0.25) is 0 Å². The fraction of sp³-hybridized carbons (Fsp3) is 0.0714. The maximum Gasteiger partial charge on any atom is 0.336 e. The molecule has 0 aliphatic rings. The number of hydrogen-bond acceptors (Lipinski definition) is 4. The number of benzene rings is 2. The molecule has 5 nitrogen and oxygen atoms in total. The molecule has 2 aromatic carbocycles. The summed E-state index contributed by atoms with van der Waals surface area (Å²) in [4.78, 5) is 22.6. The summed E-state index contributed by atoms with van der Waals surface area (Å²) in [6.07, 6.45) is 0. The van der Waals surface area contributed by atoms with Crippen LogP contribution >= 0.6 is 11.8 Å². The van der Waals surface area contributed by atoms with Crippen LogP contribution in [0.1, 0.15) is 15.9 Å². The average Bonchev–Trinajstić information content (AvgIpc) is 2.38. The van der Waals surface area contributed by atoms with Gasteiger partial charge in [-0.05, 0) is 30.7 Å². The second-order valence-electron chi connectivity index (χ2n) is 4.13. The van der Waals surface area contributed by atoms with Gasteiger partial charge in [-0.3, -0.25) is 10.1 Å². The zero-order chi connectivity index (χ0) is 14.7. The third-order valence-electron chi connectivity index (χ3n) is 2.65. The Morgan fingerprint density at radius 2 is 1.90 bits per heavy atom. The number of hydrogen-bond donors (Lipinski definition) is 1. The van der Waals surface area contributed by atoms with Gasteiger partial charge < -0.3 is 5.11 Å². The summed E-state index contributed by atoms with van der Waals surface area (Å²) in [6, 6.07) is 11.2. The van der Waals surface area contributed by atoms with Crippen LogP contribution in [0, 0.1) is 17.0 Å². The Morgan fingerprint density at radius 3 is 2.55 bits per heavy atom. The number of nitro groups is 1. The topological polar surface area (TPSA) is 80.4 Å². The number of para-hydroxylation sites is 1. The number of carbonyl (C=O) groups is 1. The normalized spacial score (nSPS) is 10.2. The lowest BCUT2D eigenvalue weighted by molar-refractivity contribution is -0.387. The van der Waals surface area contributed by atoms with Crippen molar-refractivity contribution in [3.05, 3.63) is 63.7 Å². The molecule has 0 aromatic heterocycles. The molecule has 0 atom stereocenters. The highest BCUT2D eigenvalue weighted by molar-refractivity contribution is 7.99. The molecule has 2 rings (SSSR count). The van der Waals surface area contributed by atoms with E-state index in [1.165, 1.54) is 12.1 Å². The van der Waals surface area contributed by atoms with Gasteiger partial charge in [0.2, 0.25) is 0 Å². The molecule has 0 heterocycles. The second kappa shape index (κ2) is 5.75. The van der Waals surface area contributed by atoms with Crippen LogP contribution in [-0.4, -0.2) is 16.0 Å². The highest BCUT2D eigenvalue weighted by Crippen LogP contribution is 2.36. The fourth-order valence-electron chi connectivity index (χ4n) is 1.70. The molecule has 0 amide bonds. The lowest BCUT2D eigenvalue weighted by atomic mass is 10.1. The first-order valence-corrected chi connectivity index (χ1v) is 6.56. The van der Waals surface area contributed by atoms with E-state index < -0.39 is 10.9 Å². The molecule has 0 aliphatic heterocycles. The van der Waals surface area contributed by atoms with Gasteiger partial charge >= 0.3 is 5.97 Å². The molecule has 0 bridgehead atoms. The summed E-state index contributed by atoms with van der Waals surface area (Å²) >= 11 is 1.09.